The highest BCUT2D eigenvalue weighted by atomic mass is 35.5. The van der Waals surface area contributed by atoms with E-state index in [1.54, 1.807) is 18.0 Å². The molecule has 0 spiro atoms. The van der Waals surface area contributed by atoms with E-state index >= 15 is 0 Å². The third kappa shape index (κ3) is 7.51. The summed E-state index contributed by atoms with van der Waals surface area (Å²) in [6, 6.07) is 15.7. The van der Waals surface area contributed by atoms with Gasteiger partial charge in [0.1, 0.15) is 5.75 Å². The zero-order valence-corrected chi connectivity index (χ0v) is 23.1. The van der Waals surface area contributed by atoms with Gasteiger partial charge in [-0.05, 0) is 74.9 Å². The second kappa shape index (κ2) is 13.7. The van der Waals surface area contributed by atoms with Crippen LogP contribution < -0.4 is 20.0 Å². The topological polar surface area (TPSA) is 78.8 Å². The first-order valence-electron chi connectivity index (χ1n) is 13.4. The van der Waals surface area contributed by atoms with Gasteiger partial charge < -0.3 is 14.5 Å². The second-order valence-corrected chi connectivity index (χ2v) is 11.0. The number of rotatable bonds is 10. The van der Waals surface area contributed by atoms with Gasteiger partial charge in [-0.3, -0.25) is 0 Å². The van der Waals surface area contributed by atoms with Crippen LogP contribution in [0.5, 0.6) is 5.75 Å². The summed E-state index contributed by atoms with van der Waals surface area (Å²) in [6.07, 6.45) is 8.95. The average Bonchev–Trinajstić information content (AvgIpc) is 2.98. The molecule has 10 heteroatoms. The number of para-hydroxylation sites is 1. The molecule has 2 saturated heterocycles. The van der Waals surface area contributed by atoms with E-state index in [0.717, 1.165) is 60.2 Å². The Balaban J connectivity index is 1.23. The van der Waals surface area contributed by atoms with Gasteiger partial charge in [0.05, 0.1) is 12.8 Å². The number of hydrogen-bond donors (Lipinski definition) is 1. The molecule has 2 aromatic carbocycles. The van der Waals surface area contributed by atoms with Gasteiger partial charge in [0.15, 0.2) is 0 Å². The van der Waals surface area contributed by atoms with Crippen LogP contribution in [0.3, 0.4) is 0 Å². The summed E-state index contributed by atoms with van der Waals surface area (Å²) in [6.45, 7) is 4.50. The highest BCUT2D eigenvalue weighted by Gasteiger charge is 2.20. The van der Waals surface area contributed by atoms with Crippen LogP contribution in [-0.4, -0.2) is 59.7 Å². The predicted octanol–water partition coefficient (Wildman–Crippen LogP) is 6.12. The number of anilines is 3. The van der Waals surface area contributed by atoms with Crippen LogP contribution in [-0.2, 0) is 0 Å². The molecule has 1 aromatic heterocycles. The first-order chi connectivity index (χ1) is 18.7. The second-order valence-electron chi connectivity index (χ2n) is 9.41. The van der Waals surface area contributed by atoms with Gasteiger partial charge in [0, 0.05) is 47.4 Å². The maximum Gasteiger partial charge on any atom is 0.250 e. The Morgan fingerprint density at radius 2 is 1.47 bits per heavy atom. The molecule has 0 saturated carbocycles. The van der Waals surface area contributed by atoms with Crippen molar-refractivity contribution in [2.45, 2.75) is 43.4 Å². The van der Waals surface area contributed by atoms with Crippen molar-refractivity contribution in [3.63, 3.8) is 0 Å². The molecule has 0 radical (unpaired) electrons. The summed E-state index contributed by atoms with van der Waals surface area (Å²) in [5.41, 5.74) is 3.94. The van der Waals surface area contributed by atoms with E-state index < -0.39 is 0 Å². The average molecular weight is 552 g/mol. The summed E-state index contributed by atoms with van der Waals surface area (Å²) in [7, 11) is 0. The van der Waals surface area contributed by atoms with Crippen molar-refractivity contribution >= 4 is 47.4 Å². The van der Waals surface area contributed by atoms with Crippen molar-refractivity contribution < 1.29 is 4.74 Å². The molecule has 3 heterocycles. The molecule has 2 aliphatic rings. The minimum absolute atomic E-state index is 0.468. The highest BCUT2D eigenvalue weighted by molar-refractivity contribution is 7.99. The molecule has 200 valence electrons. The van der Waals surface area contributed by atoms with Gasteiger partial charge in [0.2, 0.25) is 17.8 Å². The third-order valence-electron chi connectivity index (χ3n) is 6.60. The van der Waals surface area contributed by atoms with Crippen molar-refractivity contribution in [2.24, 2.45) is 5.10 Å². The first-order valence-corrected chi connectivity index (χ1v) is 14.8. The fourth-order valence-corrected chi connectivity index (χ4v) is 5.45. The number of aromatic nitrogens is 3. The number of benzene rings is 2. The summed E-state index contributed by atoms with van der Waals surface area (Å²) in [5.74, 6) is 3.55. The molecule has 8 nitrogen and oxygen atoms in total. The quantitative estimate of drug-likeness (QED) is 0.140. The SMILES string of the molecule is Clc1ccc(SCCOc2ccccc2/C=N/Nc2nc(N3CCCCC3)nc(N3CCCCC3)n2)cc1. The normalized spacial score (nSPS) is 16.1. The Kier molecular flexibility index (Phi) is 9.55. The number of nitrogens with zero attached hydrogens (tertiary/aromatic N) is 6. The molecule has 0 bridgehead atoms. The Morgan fingerprint density at radius 1 is 0.842 bits per heavy atom. The van der Waals surface area contributed by atoms with Crippen molar-refractivity contribution in [3.8, 4) is 5.75 Å². The van der Waals surface area contributed by atoms with Crippen LogP contribution in [0.1, 0.15) is 44.1 Å². The number of hydrazone groups is 1. The summed E-state index contributed by atoms with van der Waals surface area (Å²) >= 11 is 7.71. The van der Waals surface area contributed by atoms with Crippen LogP contribution in [0, 0.1) is 0 Å². The molecule has 0 aliphatic carbocycles. The maximum absolute atomic E-state index is 6.06. The van der Waals surface area contributed by atoms with E-state index in [1.165, 1.54) is 43.4 Å². The predicted molar refractivity (Wildman–Crippen MR) is 157 cm³/mol. The van der Waals surface area contributed by atoms with Crippen molar-refractivity contribution in [2.75, 3.05) is 53.8 Å². The molecule has 5 rings (SSSR count). The number of nitrogens with one attached hydrogen (secondary N) is 1. The van der Waals surface area contributed by atoms with Gasteiger partial charge in [-0.25, -0.2) is 5.43 Å². The lowest BCUT2D eigenvalue weighted by molar-refractivity contribution is 0.343. The van der Waals surface area contributed by atoms with E-state index in [1.807, 2.05) is 48.5 Å². The number of halogens is 1. The zero-order valence-electron chi connectivity index (χ0n) is 21.6. The lowest BCUT2D eigenvalue weighted by Gasteiger charge is -2.30. The van der Waals surface area contributed by atoms with E-state index in [0.29, 0.717) is 12.6 Å². The Labute approximate surface area is 233 Å². The summed E-state index contributed by atoms with van der Waals surface area (Å²) < 4.78 is 6.06. The Morgan fingerprint density at radius 3 is 2.13 bits per heavy atom. The monoisotopic (exact) mass is 551 g/mol. The minimum atomic E-state index is 0.468. The Bertz CT molecular complexity index is 1160. The van der Waals surface area contributed by atoms with Crippen LogP contribution in [0.2, 0.25) is 5.02 Å². The fraction of sp³-hybridized carbons (Fsp3) is 0.429. The zero-order chi connectivity index (χ0) is 26.0. The first kappa shape index (κ1) is 26.6. The lowest BCUT2D eigenvalue weighted by Crippen LogP contribution is -2.34. The molecule has 38 heavy (non-hydrogen) atoms. The molecule has 1 N–H and O–H groups in total. The third-order valence-corrected chi connectivity index (χ3v) is 7.83. The Hall–Kier alpha value is -3.04. The molecular weight excluding hydrogens is 518 g/mol. The standard InChI is InChI=1S/C28H34ClN7OS/c29-23-11-13-24(14-12-23)38-20-19-37-25-10-4-3-9-22(25)21-30-34-26-31-27(35-15-5-1-6-16-35)33-28(32-26)36-17-7-2-8-18-36/h3-4,9-14,21H,1-2,5-8,15-20H2,(H,31,32,33,34)/b30-21+. The van der Waals surface area contributed by atoms with Crippen LogP contribution in [0.25, 0.3) is 0 Å². The van der Waals surface area contributed by atoms with E-state index in [4.69, 9.17) is 31.3 Å². The fourth-order valence-electron chi connectivity index (χ4n) is 4.59. The molecule has 0 atom stereocenters. The smallest absolute Gasteiger partial charge is 0.250 e. The molecule has 0 unspecified atom stereocenters. The van der Waals surface area contributed by atoms with Crippen molar-refractivity contribution in [1.29, 1.82) is 0 Å². The van der Waals surface area contributed by atoms with Gasteiger partial charge in [-0.2, -0.15) is 20.1 Å². The van der Waals surface area contributed by atoms with Crippen LogP contribution >= 0.6 is 23.4 Å². The minimum Gasteiger partial charge on any atom is -0.492 e. The van der Waals surface area contributed by atoms with Gasteiger partial charge in [0.25, 0.3) is 0 Å². The number of piperidine rings is 2. The van der Waals surface area contributed by atoms with Crippen molar-refractivity contribution in [3.05, 3.63) is 59.1 Å². The number of hydrogen-bond acceptors (Lipinski definition) is 9. The highest BCUT2D eigenvalue weighted by Crippen LogP contribution is 2.24. The van der Waals surface area contributed by atoms with E-state index in [2.05, 4.69) is 20.3 Å². The van der Waals surface area contributed by atoms with Gasteiger partial charge >= 0.3 is 0 Å². The lowest BCUT2D eigenvalue weighted by atomic mass is 10.1. The molecular formula is C28H34ClN7OS. The molecule has 0 amide bonds. The number of thioether (sulfide) groups is 1. The molecule has 2 aliphatic heterocycles. The summed E-state index contributed by atoms with van der Waals surface area (Å²) in [4.78, 5) is 20.0. The maximum atomic E-state index is 6.06. The summed E-state index contributed by atoms with van der Waals surface area (Å²) in [5, 5.41) is 5.21. The van der Waals surface area contributed by atoms with Gasteiger partial charge in [-0.1, -0.05) is 23.7 Å². The molecule has 2 fully saturated rings. The number of ether oxygens (including phenoxy) is 1. The van der Waals surface area contributed by atoms with E-state index in [-0.39, 0.29) is 0 Å². The van der Waals surface area contributed by atoms with E-state index in [9.17, 15) is 0 Å². The molecule has 3 aromatic rings. The largest absolute Gasteiger partial charge is 0.492 e. The van der Waals surface area contributed by atoms with Crippen LogP contribution in [0.15, 0.2) is 58.5 Å². The van der Waals surface area contributed by atoms with Crippen LogP contribution in [0.4, 0.5) is 17.8 Å². The van der Waals surface area contributed by atoms with Crippen molar-refractivity contribution in [1.82, 2.24) is 15.0 Å². The van der Waals surface area contributed by atoms with Gasteiger partial charge in [-0.15, -0.1) is 11.8 Å².